The van der Waals surface area contributed by atoms with E-state index in [0.29, 0.717) is 19.1 Å². The van der Waals surface area contributed by atoms with Crippen molar-refractivity contribution in [3.63, 3.8) is 0 Å². The number of rotatable bonds is 1. The van der Waals surface area contributed by atoms with Gasteiger partial charge in [-0.1, -0.05) is 40.7 Å². The third-order valence-electron chi connectivity index (χ3n) is 6.16. The van der Waals surface area contributed by atoms with E-state index in [9.17, 15) is 0 Å². The number of aryl methyl sites for hydroxylation is 1. The molecule has 2 nitrogen and oxygen atoms in total. The van der Waals surface area contributed by atoms with E-state index < -0.39 is 5.79 Å². The van der Waals surface area contributed by atoms with Gasteiger partial charge in [-0.05, 0) is 59.8 Å². The summed E-state index contributed by atoms with van der Waals surface area (Å²) in [6, 6.07) is 4.75. The molecule has 3 rings (SSSR count). The normalized spacial score (nSPS) is 28.4. The molecule has 0 aromatic heterocycles. The zero-order chi connectivity index (χ0) is 16.3. The minimum absolute atomic E-state index is 0.196. The summed E-state index contributed by atoms with van der Waals surface area (Å²) in [5, 5.41) is 0. The molecule has 2 aliphatic rings. The van der Waals surface area contributed by atoms with Crippen molar-refractivity contribution < 1.29 is 9.47 Å². The van der Waals surface area contributed by atoms with Crippen molar-refractivity contribution in [1.29, 1.82) is 0 Å². The Bertz CT molecular complexity index is 592. The molecule has 1 aliphatic heterocycles. The molecule has 1 atom stereocenters. The quantitative estimate of drug-likeness (QED) is 0.741. The lowest BCUT2D eigenvalue weighted by atomic mass is 9.58. The van der Waals surface area contributed by atoms with Crippen LogP contribution in [0.2, 0.25) is 0 Å². The number of hydrogen-bond acceptors (Lipinski definition) is 2. The van der Waals surface area contributed by atoms with Crippen LogP contribution in [0.3, 0.4) is 0 Å². The molecule has 1 saturated heterocycles. The molecule has 0 bridgehead atoms. The largest absolute Gasteiger partial charge is 0.344 e. The SMILES string of the molecule is Cc1cc2c(cc1C1(C)OCCO1)C(C)(C)C[C@H](C)C2(C)C. The first-order valence-electron chi connectivity index (χ1n) is 8.52. The molecule has 1 fully saturated rings. The average molecular weight is 302 g/mol. The Labute approximate surface area is 135 Å². The zero-order valence-electron chi connectivity index (χ0n) is 15.2. The van der Waals surface area contributed by atoms with E-state index in [-0.39, 0.29) is 10.8 Å². The van der Waals surface area contributed by atoms with Crippen LogP contribution < -0.4 is 0 Å². The van der Waals surface area contributed by atoms with Crippen LogP contribution in [0, 0.1) is 12.8 Å². The summed E-state index contributed by atoms with van der Waals surface area (Å²) >= 11 is 0. The molecule has 0 N–H and O–H groups in total. The van der Waals surface area contributed by atoms with Crippen LogP contribution >= 0.6 is 0 Å². The molecule has 22 heavy (non-hydrogen) atoms. The van der Waals surface area contributed by atoms with Crippen LogP contribution in [0.5, 0.6) is 0 Å². The molecule has 0 radical (unpaired) electrons. The van der Waals surface area contributed by atoms with Gasteiger partial charge >= 0.3 is 0 Å². The van der Waals surface area contributed by atoms with Crippen LogP contribution in [0.15, 0.2) is 12.1 Å². The van der Waals surface area contributed by atoms with E-state index in [1.807, 2.05) is 0 Å². The van der Waals surface area contributed by atoms with Gasteiger partial charge in [0.15, 0.2) is 5.79 Å². The Kier molecular flexibility index (Phi) is 3.51. The Morgan fingerprint density at radius 3 is 2.09 bits per heavy atom. The highest BCUT2D eigenvalue weighted by atomic mass is 16.7. The van der Waals surface area contributed by atoms with Crippen molar-refractivity contribution in [2.75, 3.05) is 13.2 Å². The van der Waals surface area contributed by atoms with E-state index in [1.165, 1.54) is 28.7 Å². The van der Waals surface area contributed by atoms with Crippen LogP contribution in [0.25, 0.3) is 0 Å². The second-order valence-corrected chi connectivity index (χ2v) is 8.57. The Hall–Kier alpha value is -0.860. The van der Waals surface area contributed by atoms with Gasteiger partial charge in [0, 0.05) is 5.56 Å². The van der Waals surface area contributed by atoms with Crippen molar-refractivity contribution in [2.45, 2.75) is 71.5 Å². The first-order chi connectivity index (χ1) is 10.1. The molecule has 1 aliphatic carbocycles. The molecule has 0 saturated carbocycles. The fourth-order valence-corrected chi connectivity index (χ4v) is 4.36. The van der Waals surface area contributed by atoms with Gasteiger partial charge < -0.3 is 9.47 Å². The monoisotopic (exact) mass is 302 g/mol. The summed E-state index contributed by atoms with van der Waals surface area (Å²) in [6.45, 7) is 17.5. The molecular formula is C20H30O2. The van der Waals surface area contributed by atoms with Gasteiger partial charge in [0.25, 0.3) is 0 Å². The summed E-state index contributed by atoms with van der Waals surface area (Å²) in [4.78, 5) is 0. The van der Waals surface area contributed by atoms with E-state index in [1.54, 1.807) is 0 Å². The van der Waals surface area contributed by atoms with Crippen LogP contribution in [0.4, 0.5) is 0 Å². The van der Waals surface area contributed by atoms with Crippen molar-refractivity contribution >= 4 is 0 Å². The van der Waals surface area contributed by atoms with Crippen molar-refractivity contribution in [3.05, 3.63) is 34.4 Å². The second kappa shape index (κ2) is 4.82. The van der Waals surface area contributed by atoms with Gasteiger partial charge in [0.05, 0.1) is 13.2 Å². The topological polar surface area (TPSA) is 18.5 Å². The maximum atomic E-state index is 5.92. The van der Waals surface area contributed by atoms with E-state index >= 15 is 0 Å². The van der Waals surface area contributed by atoms with Crippen molar-refractivity contribution in [2.24, 2.45) is 5.92 Å². The van der Waals surface area contributed by atoms with Crippen LogP contribution in [0.1, 0.15) is 70.2 Å². The Morgan fingerprint density at radius 1 is 0.909 bits per heavy atom. The third kappa shape index (κ3) is 2.23. The number of ether oxygens (including phenoxy) is 2. The highest BCUT2D eigenvalue weighted by molar-refractivity contribution is 5.48. The molecule has 1 aromatic carbocycles. The maximum absolute atomic E-state index is 5.92. The molecular weight excluding hydrogens is 272 g/mol. The van der Waals surface area contributed by atoms with Gasteiger partial charge in [-0.25, -0.2) is 0 Å². The minimum atomic E-state index is -0.581. The highest BCUT2D eigenvalue weighted by Gasteiger charge is 2.44. The van der Waals surface area contributed by atoms with E-state index in [4.69, 9.17) is 9.47 Å². The lowest BCUT2D eigenvalue weighted by molar-refractivity contribution is -0.150. The Morgan fingerprint density at radius 2 is 1.50 bits per heavy atom. The predicted molar refractivity (Wildman–Crippen MR) is 90.3 cm³/mol. The fourth-order valence-electron chi connectivity index (χ4n) is 4.36. The number of hydrogen-bond donors (Lipinski definition) is 0. The van der Waals surface area contributed by atoms with Crippen LogP contribution in [-0.4, -0.2) is 13.2 Å². The second-order valence-electron chi connectivity index (χ2n) is 8.57. The molecule has 2 heteroatoms. The van der Waals surface area contributed by atoms with Gasteiger partial charge in [-0.2, -0.15) is 0 Å². The van der Waals surface area contributed by atoms with Crippen molar-refractivity contribution in [3.8, 4) is 0 Å². The molecule has 0 amide bonds. The van der Waals surface area contributed by atoms with Crippen molar-refractivity contribution in [1.82, 2.24) is 0 Å². The van der Waals surface area contributed by atoms with Gasteiger partial charge in [0.2, 0.25) is 0 Å². The minimum Gasteiger partial charge on any atom is -0.344 e. The molecule has 1 heterocycles. The third-order valence-corrected chi connectivity index (χ3v) is 6.16. The number of fused-ring (bicyclic) bond motifs is 1. The summed E-state index contributed by atoms with van der Waals surface area (Å²) in [6.07, 6.45) is 1.22. The smallest absolute Gasteiger partial charge is 0.192 e. The molecule has 1 aromatic rings. The van der Waals surface area contributed by atoms with E-state index in [2.05, 4.69) is 60.6 Å². The average Bonchev–Trinajstić information content (AvgIpc) is 2.84. The maximum Gasteiger partial charge on any atom is 0.192 e. The molecule has 0 unspecified atom stereocenters. The zero-order valence-corrected chi connectivity index (χ0v) is 15.2. The highest BCUT2D eigenvalue weighted by Crippen LogP contribution is 2.50. The summed E-state index contributed by atoms with van der Waals surface area (Å²) in [5.41, 5.74) is 5.85. The predicted octanol–water partition coefficient (Wildman–Crippen LogP) is 4.81. The summed E-state index contributed by atoms with van der Waals surface area (Å²) in [7, 11) is 0. The lowest BCUT2D eigenvalue weighted by Gasteiger charge is -2.47. The number of benzene rings is 1. The standard InChI is InChI=1S/C20H30O2/c1-13-10-17-16(11-15(13)20(7)21-8-9-22-20)18(3,4)12-14(2)19(17,5)6/h10-11,14H,8-9,12H2,1-7H3/t14-/m0/s1. The van der Waals surface area contributed by atoms with E-state index in [0.717, 1.165) is 0 Å². The Balaban J connectivity index is 2.21. The summed E-state index contributed by atoms with van der Waals surface area (Å²) < 4.78 is 11.8. The van der Waals surface area contributed by atoms with Crippen LogP contribution in [-0.2, 0) is 26.1 Å². The first kappa shape index (κ1) is 16.0. The molecule has 0 spiro atoms. The molecule has 122 valence electrons. The first-order valence-corrected chi connectivity index (χ1v) is 8.52. The summed E-state index contributed by atoms with van der Waals surface area (Å²) in [5.74, 6) is 0.0948. The fraction of sp³-hybridized carbons (Fsp3) is 0.700. The van der Waals surface area contributed by atoms with Gasteiger partial charge in [0.1, 0.15) is 0 Å². The van der Waals surface area contributed by atoms with Gasteiger partial charge in [-0.15, -0.1) is 0 Å². The lowest BCUT2D eigenvalue weighted by Crippen LogP contribution is -2.41. The van der Waals surface area contributed by atoms with Gasteiger partial charge in [-0.3, -0.25) is 0 Å².